The van der Waals surface area contributed by atoms with Crippen molar-refractivity contribution in [2.45, 2.75) is 31.1 Å². The molecule has 2 aromatic carbocycles. The van der Waals surface area contributed by atoms with E-state index in [1.165, 1.54) is 9.31 Å². The molecule has 1 saturated heterocycles. The van der Waals surface area contributed by atoms with E-state index in [0.29, 0.717) is 59.2 Å². The van der Waals surface area contributed by atoms with Crippen molar-refractivity contribution in [3.05, 3.63) is 64.4 Å². The summed E-state index contributed by atoms with van der Waals surface area (Å²) in [5.74, 6) is 0.193. The van der Waals surface area contributed by atoms with E-state index >= 15 is 0 Å². The first kappa shape index (κ1) is 28.2. The van der Waals surface area contributed by atoms with Crippen LogP contribution in [-0.2, 0) is 47.5 Å². The Balaban J connectivity index is 0.00000167. The fraction of sp³-hybridized carbons (Fsp3) is 0.273. The zero-order valence-electron chi connectivity index (χ0n) is 19.1. The molecule has 0 atom stereocenters. The molecule has 0 spiro atoms. The van der Waals surface area contributed by atoms with E-state index in [0.717, 1.165) is 36.9 Å². The van der Waals surface area contributed by atoms with Crippen molar-refractivity contribution < 1.29 is 33.3 Å². The number of anilines is 1. The minimum absolute atomic E-state index is 0.193. The van der Waals surface area contributed by atoms with Crippen LogP contribution in [0.4, 0.5) is 11.4 Å². The fourth-order valence-corrected chi connectivity index (χ4v) is 6.02. The van der Waals surface area contributed by atoms with Gasteiger partial charge in [0.2, 0.25) is 10.0 Å². The van der Waals surface area contributed by atoms with Crippen molar-refractivity contribution in [3.63, 3.8) is 0 Å². The maximum atomic E-state index is 12.8. The van der Waals surface area contributed by atoms with E-state index in [2.05, 4.69) is 14.7 Å². The number of nitrogens with zero attached hydrogens (tertiary/aromatic N) is 5. The molecule has 35 heavy (non-hydrogen) atoms. The van der Waals surface area contributed by atoms with Crippen molar-refractivity contribution in [1.29, 1.82) is 5.41 Å². The molecule has 13 heteroatoms. The molecule has 1 fully saturated rings. The van der Waals surface area contributed by atoms with Gasteiger partial charge in [0, 0.05) is 30.6 Å². The first-order chi connectivity index (χ1) is 16.9. The number of hydrazone groups is 1. The van der Waals surface area contributed by atoms with Crippen molar-refractivity contribution in [1.82, 2.24) is 4.31 Å². The number of sulfonamides is 1. The Kier molecular flexibility index (Phi) is 10.7. The van der Waals surface area contributed by atoms with Gasteiger partial charge in [0.1, 0.15) is 0 Å². The molecule has 0 saturated carbocycles. The number of para-hydroxylation sites is 1. The van der Waals surface area contributed by atoms with Crippen LogP contribution in [0.2, 0.25) is 0 Å². The normalized spacial score (nSPS) is 18.3. The third-order valence-corrected chi connectivity index (χ3v) is 8.21. The van der Waals surface area contributed by atoms with Crippen LogP contribution in [0.25, 0.3) is 0 Å². The number of piperidine rings is 1. The van der Waals surface area contributed by atoms with Crippen molar-refractivity contribution in [2.24, 2.45) is 14.7 Å². The van der Waals surface area contributed by atoms with Gasteiger partial charge in [-0.25, -0.2) is 13.4 Å². The SMILES string of the molecule is CC1=NN(c2ccccc2)C(=N)/C1=C(/[S-])SN=Nc1ccc(S(=O)(=O)N2CCCCC2)cc1.[Cl][Hg+]. The van der Waals surface area contributed by atoms with E-state index in [1.54, 1.807) is 31.2 Å². The Hall–Kier alpha value is -1.37. The minimum atomic E-state index is -3.47. The summed E-state index contributed by atoms with van der Waals surface area (Å²) in [5, 5.41) is 18.6. The second-order valence-electron chi connectivity index (χ2n) is 7.58. The van der Waals surface area contributed by atoms with Crippen LogP contribution in [0, 0.1) is 5.41 Å². The molecule has 0 aromatic heterocycles. The Morgan fingerprint density at radius 2 is 1.71 bits per heavy atom. The predicted molar refractivity (Wildman–Crippen MR) is 141 cm³/mol. The third kappa shape index (κ3) is 6.89. The number of benzene rings is 2. The molecule has 8 nitrogen and oxygen atoms in total. The van der Waals surface area contributed by atoms with Gasteiger partial charge >= 0.3 is 33.1 Å². The number of hydrogen-bond donors (Lipinski definition) is 1. The van der Waals surface area contributed by atoms with Gasteiger partial charge in [-0.3, -0.25) is 5.41 Å². The molecule has 4 rings (SSSR count). The average Bonchev–Trinajstić information content (AvgIpc) is 3.20. The van der Waals surface area contributed by atoms with Gasteiger partial charge < -0.3 is 12.6 Å². The molecule has 2 aliphatic rings. The second-order valence-corrected chi connectivity index (χ2v) is 10.9. The summed E-state index contributed by atoms with van der Waals surface area (Å²) in [4.78, 5) is 0.259. The number of amidine groups is 1. The number of rotatable bonds is 6. The zero-order valence-corrected chi connectivity index (χ0v) is 27.8. The topological polar surface area (TPSA) is 102 Å². The summed E-state index contributed by atoms with van der Waals surface area (Å²) in [5.41, 5.74) is 2.49. The number of hydrogen-bond acceptors (Lipinski definition) is 8. The van der Waals surface area contributed by atoms with Gasteiger partial charge in [0.25, 0.3) is 0 Å². The molecular weight excluding hydrogens is 713 g/mol. The predicted octanol–water partition coefficient (Wildman–Crippen LogP) is 5.91. The molecule has 0 radical (unpaired) electrons. The molecule has 2 aliphatic heterocycles. The first-order valence-electron chi connectivity index (χ1n) is 10.7. The van der Waals surface area contributed by atoms with Gasteiger partial charge in [-0.05, 0) is 56.2 Å². The zero-order chi connectivity index (χ0) is 25.4. The van der Waals surface area contributed by atoms with Gasteiger partial charge in [-0.1, -0.05) is 24.6 Å². The van der Waals surface area contributed by atoms with Crippen molar-refractivity contribution in [3.8, 4) is 0 Å². The van der Waals surface area contributed by atoms with Crippen molar-refractivity contribution in [2.75, 3.05) is 18.1 Å². The standard InChI is InChI=1S/C22H24N6O2S3.ClH.Hg/c1-16-20(21(23)28(25-16)18-8-4-2-5-9-18)22(31)32-26-24-17-10-12-19(13-11-17)33(29,30)27-14-6-3-7-15-27;;/h2,4-5,8-13,23,31H,3,6-7,14-15H2,1H3;1H;/q;;+2/p-2/b22-20-,23-21?,26-24?;;. The summed E-state index contributed by atoms with van der Waals surface area (Å²) in [7, 11) is 1.36. The quantitative estimate of drug-likeness (QED) is 0.172. The summed E-state index contributed by atoms with van der Waals surface area (Å²) >= 11 is 6.95. The average molecular weight is 736 g/mol. The van der Waals surface area contributed by atoms with Crippen molar-refractivity contribution >= 4 is 65.8 Å². The second kappa shape index (κ2) is 13.2. The summed E-state index contributed by atoms with van der Waals surface area (Å²) in [6, 6.07) is 15.8. The Morgan fingerprint density at radius 1 is 1.09 bits per heavy atom. The summed E-state index contributed by atoms with van der Waals surface area (Å²) < 4.78 is 31.5. The van der Waals surface area contributed by atoms with E-state index in [9.17, 15) is 8.42 Å². The van der Waals surface area contributed by atoms with E-state index in [4.69, 9.17) is 26.3 Å². The fourth-order valence-electron chi connectivity index (χ4n) is 3.62. The molecule has 1 N–H and O–H groups in total. The molecule has 2 heterocycles. The molecule has 2 aromatic rings. The number of halogens is 1. The van der Waals surface area contributed by atoms with E-state index < -0.39 is 10.0 Å². The van der Waals surface area contributed by atoms with Crippen LogP contribution in [0.15, 0.2) is 84.0 Å². The van der Waals surface area contributed by atoms with Crippen LogP contribution >= 0.6 is 20.2 Å². The molecular formula is C22H23ClHgN6O2S3. The Bertz CT molecular complexity index is 1230. The molecule has 0 amide bonds. The summed E-state index contributed by atoms with van der Waals surface area (Å²) in [6.45, 7) is 2.94. The van der Waals surface area contributed by atoms with Crippen LogP contribution in [-0.4, -0.2) is 37.4 Å². The van der Waals surface area contributed by atoms with E-state index in [1.807, 2.05) is 30.3 Å². The Morgan fingerprint density at radius 3 is 2.34 bits per heavy atom. The first-order valence-corrected chi connectivity index (χ1v) is 20.1. The van der Waals surface area contributed by atoms with Crippen LogP contribution in [0.1, 0.15) is 26.2 Å². The number of nitrogens with one attached hydrogen (secondary N) is 1. The monoisotopic (exact) mass is 736 g/mol. The van der Waals surface area contributed by atoms with Gasteiger partial charge in [-0.2, -0.15) is 9.41 Å². The summed E-state index contributed by atoms with van der Waals surface area (Å²) in [6.07, 6.45) is 2.86. The molecule has 0 bridgehead atoms. The van der Waals surface area contributed by atoms with Gasteiger partial charge in [0.05, 0.1) is 22.0 Å². The molecule has 0 unspecified atom stereocenters. The van der Waals surface area contributed by atoms with Crippen LogP contribution in [0.5, 0.6) is 0 Å². The van der Waals surface area contributed by atoms with Gasteiger partial charge in [0.15, 0.2) is 5.84 Å². The van der Waals surface area contributed by atoms with E-state index in [-0.39, 0.29) is 10.7 Å². The van der Waals surface area contributed by atoms with Crippen LogP contribution < -0.4 is 5.01 Å². The molecule has 180 valence electrons. The van der Waals surface area contributed by atoms with Crippen LogP contribution in [0.3, 0.4) is 0 Å². The third-order valence-electron chi connectivity index (χ3n) is 5.33. The molecule has 0 aliphatic carbocycles. The Labute approximate surface area is 235 Å². The maximum absolute atomic E-state index is 12.8. The van der Waals surface area contributed by atoms with Gasteiger partial charge in [-0.15, -0.1) is 13.9 Å².